The van der Waals surface area contributed by atoms with Gasteiger partial charge in [0.1, 0.15) is 0 Å². The molecule has 0 rings (SSSR count). The summed E-state index contributed by atoms with van der Waals surface area (Å²) < 4.78 is 0. The second-order valence-corrected chi connectivity index (χ2v) is 3.37. The van der Waals surface area contributed by atoms with Crippen LogP contribution in [0.2, 0.25) is 0 Å². The van der Waals surface area contributed by atoms with Crippen LogP contribution in [0.1, 0.15) is 6.42 Å². The molecule has 0 spiro atoms. The second-order valence-electron chi connectivity index (χ2n) is 3.37. The zero-order valence-electron chi connectivity index (χ0n) is 11.9. The van der Waals surface area contributed by atoms with Crippen molar-refractivity contribution in [3.8, 4) is 0 Å². The lowest BCUT2D eigenvalue weighted by atomic mass is 10.2. The lowest BCUT2D eigenvalue weighted by Gasteiger charge is -2.17. The number of aliphatic carboxylic acids is 2. The number of hydrogen-bond donors (Lipinski definition) is 5. The van der Waals surface area contributed by atoms with Gasteiger partial charge in [-0.3, -0.25) is 4.79 Å². The van der Waals surface area contributed by atoms with Crippen molar-refractivity contribution < 1.29 is 49.6 Å². The van der Waals surface area contributed by atoms with Crippen LogP contribution in [-0.2, 0) is 24.1 Å². The standard InChI is InChI=1S/C6H15NO6.C5H6O4/c8-1-4-11-7(12-5-2-9)13-6-3-10;1-3(5(8)9)2-4(6)7/h8-10H,1-6H2;1-2H2,(H,6,7)(H,8,9). The third kappa shape index (κ3) is 16.5. The molecule has 0 radical (unpaired) electrons. The van der Waals surface area contributed by atoms with Gasteiger partial charge in [-0.15, -0.1) is 0 Å². The largest absolute Gasteiger partial charge is 0.481 e. The van der Waals surface area contributed by atoms with Crippen LogP contribution in [0.25, 0.3) is 0 Å². The van der Waals surface area contributed by atoms with Crippen molar-refractivity contribution in [2.24, 2.45) is 0 Å². The van der Waals surface area contributed by atoms with Gasteiger partial charge in [0, 0.05) is 5.57 Å². The number of nitrogens with zero attached hydrogens (tertiary/aromatic N) is 1. The van der Waals surface area contributed by atoms with Gasteiger partial charge in [-0.05, 0) is 0 Å². The number of rotatable bonds is 12. The highest BCUT2D eigenvalue weighted by atomic mass is 17.2. The Balaban J connectivity index is 0. The first-order valence-electron chi connectivity index (χ1n) is 6.03. The highest BCUT2D eigenvalue weighted by Gasteiger charge is 2.07. The van der Waals surface area contributed by atoms with Gasteiger partial charge >= 0.3 is 11.9 Å². The van der Waals surface area contributed by atoms with Crippen molar-refractivity contribution in [1.29, 1.82) is 0 Å². The minimum Gasteiger partial charge on any atom is -0.481 e. The van der Waals surface area contributed by atoms with Gasteiger partial charge in [0.05, 0.1) is 51.5 Å². The Labute approximate surface area is 126 Å². The summed E-state index contributed by atoms with van der Waals surface area (Å²) in [7, 11) is 0. The molecule has 0 unspecified atom stereocenters. The van der Waals surface area contributed by atoms with Crippen LogP contribution in [0.15, 0.2) is 12.2 Å². The highest BCUT2D eigenvalue weighted by molar-refractivity contribution is 5.91. The molecule has 22 heavy (non-hydrogen) atoms. The number of carboxylic acid groups (broad SMARTS) is 2. The maximum atomic E-state index is 9.87. The number of aliphatic hydroxyl groups is 3. The summed E-state index contributed by atoms with van der Waals surface area (Å²) in [5.74, 6) is -2.44. The number of aliphatic hydroxyl groups excluding tert-OH is 3. The third-order valence-electron chi connectivity index (χ3n) is 1.53. The Morgan fingerprint density at radius 1 is 0.864 bits per heavy atom. The Kier molecular flexibility index (Phi) is 16.3. The van der Waals surface area contributed by atoms with Crippen molar-refractivity contribution >= 4 is 11.9 Å². The average molecular weight is 327 g/mol. The zero-order valence-corrected chi connectivity index (χ0v) is 11.9. The molecule has 130 valence electrons. The van der Waals surface area contributed by atoms with Crippen molar-refractivity contribution in [2.75, 3.05) is 39.6 Å². The van der Waals surface area contributed by atoms with E-state index in [1.807, 2.05) is 0 Å². The summed E-state index contributed by atoms with van der Waals surface area (Å²) in [5.41, 5.74) is -0.303. The van der Waals surface area contributed by atoms with E-state index in [2.05, 4.69) is 6.58 Å². The van der Waals surface area contributed by atoms with Gasteiger partial charge in [-0.25, -0.2) is 19.3 Å². The van der Waals surface area contributed by atoms with E-state index in [0.29, 0.717) is 5.39 Å². The van der Waals surface area contributed by atoms with Crippen LogP contribution < -0.4 is 0 Å². The smallest absolute Gasteiger partial charge is 0.331 e. The van der Waals surface area contributed by atoms with E-state index in [-0.39, 0.29) is 45.2 Å². The summed E-state index contributed by atoms with van der Waals surface area (Å²) in [4.78, 5) is 33.8. The van der Waals surface area contributed by atoms with Gasteiger partial charge in [0.25, 0.3) is 0 Å². The van der Waals surface area contributed by atoms with E-state index in [9.17, 15) is 9.59 Å². The molecule has 0 aromatic carbocycles. The van der Waals surface area contributed by atoms with E-state index in [1.165, 1.54) is 0 Å². The van der Waals surface area contributed by atoms with E-state index < -0.39 is 18.4 Å². The molecule has 11 heteroatoms. The van der Waals surface area contributed by atoms with Crippen LogP contribution in [-0.4, -0.2) is 82.5 Å². The van der Waals surface area contributed by atoms with Crippen LogP contribution in [0.5, 0.6) is 0 Å². The minimum atomic E-state index is -1.27. The molecule has 0 aromatic heterocycles. The summed E-state index contributed by atoms with van der Waals surface area (Å²) in [6, 6.07) is 0. The van der Waals surface area contributed by atoms with Crippen molar-refractivity contribution in [3.05, 3.63) is 12.2 Å². The summed E-state index contributed by atoms with van der Waals surface area (Å²) in [6.45, 7) is 2.51. The lowest BCUT2D eigenvalue weighted by Crippen LogP contribution is -2.28. The summed E-state index contributed by atoms with van der Waals surface area (Å²) in [6.07, 6.45) is -0.505. The Bertz CT molecular complexity index is 303. The average Bonchev–Trinajstić information content (AvgIpc) is 2.46. The number of carbonyl (C=O) groups is 2. The molecule has 0 aromatic rings. The molecule has 0 aliphatic rings. The summed E-state index contributed by atoms with van der Waals surface area (Å²) in [5, 5.41) is 41.9. The molecular weight excluding hydrogens is 306 g/mol. The third-order valence-corrected chi connectivity index (χ3v) is 1.53. The number of hydrogen-bond acceptors (Lipinski definition) is 9. The van der Waals surface area contributed by atoms with E-state index >= 15 is 0 Å². The summed E-state index contributed by atoms with van der Waals surface area (Å²) >= 11 is 0. The fraction of sp³-hybridized carbons (Fsp3) is 0.636. The van der Waals surface area contributed by atoms with Crippen molar-refractivity contribution in [3.63, 3.8) is 0 Å². The van der Waals surface area contributed by atoms with Crippen molar-refractivity contribution in [2.45, 2.75) is 6.42 Å². The minimum absolute atomic E-state index is 0.0108. The topological polar surface area (TPSA) is 166 Å². The number of carboxylic acids is 2. The van der Waals surface area contributed by atoms with Gasteiger partial charge in [0.15, 0.2) is 0 Å². The second kappa shape index (κ2) is 15.8. The normalized spacial score (nSPS) is 10.0. The fourth-order valence-corrected chi connectivity index (χ4v) is 0.716. The quantitative estimate of drug-likeness (QED) is 0.202. The van der Waals surface area contributed by atoms with Crippen LogP contribution in [0.4, 0.5) is 0 Å². The molecule has 0 aliphatic heterocycles. The Morgan fingerprint density at radius 2 is 1.23 bits per heavy atom. The van der Waals surface area contributed by atoms with Crippen LogP contribution in [0, 0.1) is 0 Å². The maximum Gasteiger partial charge on any atom is 0.331 e. The molecule has 0 amide bonds. The molecule has 11 nitrogen and oxygen atoms in total. The predicted molar refractivity (Wildman–Crippen MR) is 70.0 cm³/mol. The molecule has 5 N–H and O–H groups in total. The Morgan fingerprint density at radius 3 is 1.41 bits per heavy atom. The molecule has 0 bridgehead atoms. The SMILES string of the molecule is C=C(CC(=O)O)C(=O)O.OCCON(OCCO)OCCO. The van der Waals surface area contributed by atoms with Gasteiger partial charge < -0.3 is 25.5 Å². The highest BCUT2D eigenvalue weighted by Crippen LogP contribution is 1.95. The molecule has 0 saturated carbocycles. The molecule has 0 atom stereocenters. The van der Waals surface area contributed by atoms with Gasteiger partial charge in [0.2, 0.25) is 0 Å². The first-order chi connectivity index (χ1) is 10.4. The zero-order chi connectivity index (χ0) is 17.4. The van der Waals surface area contributed by atoms with Crippen molar-refractivity contribution in [1.82, 2.24) is 5.39 Å². The lowest BCUT2D eigenvalue weighted by molar-refractivity contribution is -0.527. The predicted octanol–water partition coefficient (Wildman–Crippen LogP) is -1.84. The Hall–Kier alpha value is -1.60. The molecule has 0 heterocycles. The maximum absolute atomic E-state index is 9.87. The first-order valence-corrected chi connectivity index (χ1v) is 6.03. The first kappa shape index (κ1) is 22.7. The van der Waals surface area contributed by atoms with Gasteiger partial charge in [-0.1, -0.05) is 6.58 Å². The molecule has 0 fully saturated rings. The van der Waals surface area contributed by atoms with E-state index in [4.69, 9.17) is 40.0 Å². The van der Waals surface area contributed by atoms with E-state index in [0.717, 1.165) is 0 Å². The van der Waals surface area contributed by atoms with Crippen LogP contribution >= 0.6 is 0 Å². The van der Waals surface area contributed by atoms with Gasteiger partial charge in [-0.2, -0.15) is 0 Å². The molecular formula is C11H21NO10. The molecule has 0 aliphatic carbocycles. The fourth-order valence-electron chi connectivity index (χ4n) is 0.716. The van der Waals surface area contributed by atoms with E-state index in [1.54, 1.807) is 0 Å². The molecule has 0 saturated heterocycles. The monoisotopic (exact) mass is 327 g/mol. The van der Waals surface area contributed by atoms with Crippen LogP contribution in [0.3, 0.4) is 0 Å².